The zero-order valence-corrected chi connectivity index (χ0v) is 14.9. The first-order valence-corrected chi connectivity index (χ1v) is 9.31. The molecular weight excluding hydrogens is 336 g/mol. The molecule has 0 aromatic carbocycles. The summed E-state index contributed by atoms with van der Waals surface area (Å²) in [5, 5.41) is 13.8. The van der Waals surface area contributed by atoms with Crippen LogP contribution in [-0.2, 0) is 14.4 Å². The third kappa shape index (κ3) is 3.58. The Labute approximate surface area is 143 Å². The van der Waals surface area contributed by atoms with Crippen LogP contribution in [-0.4, -0.2) is 44.8 Å². The van der Waals surface area contributed by atoms with Crippen molar-refractivity contribution < 1.29 is 19.5 Å². The average molecular weight is 356 g/mol. The van der Waals surface area contributed by atoms with Crippen LogP contribution in [0.3, 0.4) is 0 Å². The minimum absolute atomic E-state index is 0.0562. The zero-order chi connectivity index (χ0) is 17.1. The molecule has 2 N–H and O–H groups in total. The largest absolute Gasteiger partial charge is 0.477 e. The van der Waals surface area contributed by atoms with E-state index < -0.39 is 5.97 Å². The van der Waals surface area contributed by atoms with Gasteiger partial charge in [0.15, 0.2) is 0 Å². The van der Waals surface area contributed by atoms with E-state index in [1.807, 2.05) is 13.8 Å². The molecule has 0 aliphatic carbocycles. The smallest absolute Gasteiger partial charge is 0.353 e. The number of nitrogens with one attached hydrogen (secondary N) is 1. The maximum absolute atomic E-state index is 12.4. The van der Waals surface area contributed by atoms with Gasteiger partial charge < -0.3 is 15.3 Å². The lowest BCUT2D eigenvalue weighted by Gasteiger charge is -2.45. The van der Waals surface area contributed by atoms with Crippen LogP contribution >= 0.6 is 23.5 Å². The van der Waals surface area contributed by atoms with Gasteiger partial charge in [-0.2, -0.15) is 11.8 Å². The topological polar surface area (TPSA) is 86.7 Å². The Kier molecular flexibility index (Phi) is 5.80. The number of carboxylic acids is 1. The predicted molar refractivity (Wildman–Crippen MR) is 91.5 cm³/mol. The van der Waals surface area contributed by atoms with Gasteiger partial charge in [-0.05, 0) is 11.2 Å². The monoisotopic (exact) mass is 356 g/mol. The lowest BCUT2D eigenvalue weighted by molar-refractivity contribution is -0.154. The van der Waals surface area contributed by atoms with Gasteiger partial charge in [0.1, 0.15) is 5.70 Å². The van der Waals surface area contributed by atoms with Crippen molar-refractivity contribution in [1.82, 2.24) is 10.2 Å². The molecular formula is C15H20N2O4S2. The van der Waals surface area contributed by atoms with E-state index in [0.717, 1.165) is 5.75 Å². The van der Waals surface area contributed by atoms with Crippen molar-refractivity contribution in [3.8, 4) is 0 Å². The average Bonchev–Trinajstić information content (AvgIpc) is 2.78. The second kappa shape index (κ2) is 7.44. The van der Waals surface area contributed by atoms with Crippen molar-refractivity contribution in [3.63, 3.8) is 0 Å². The molecule has 2 amide bonds. The van der Waals surface area contributed by atoms with Gasteiger partial charge in [-0.1, -0.05) is 25.6 Å². The van der Waals surface area contributed by atoms with Gasteiger partial charge in [0.2, 0.25) is 11.8 Å². The number of carbonyl (C=O) groups excluding carboxylic acids is 2. The van der Waals surface area contributed by atoms with E-state index in [1.165, 1.54) is 29.8 Å². The van der Waals surface area contributed by atoms with Crippen LogP contribution in [0.1, 0.15) is 27.2 Å². The summed E-state index contributed by atoms with van der Waals surface area (Å²) in [6, 6.07) is -0.0562. The lowest BCUT2D eigenvalue weighted by Crippen LogP contribution is -2.61. The number of carboxylic acid groups (broad SMARTS) is 1. The molecule has 2 aliphatic rings. The van der Waals surface area contributed by atoms with Crippen molar-refractivity contribution in [2.24, 2.45) is 5.92 Å². The SMILES string of the molecule is CCS[C@H](C)[C@H]1C(=O)N2C(C(=O)O)=C(S/C=C/NC(C)=O)C[C@H]12. The van der Waals surface area contributed by atoms with E-state index in [1.54, 1.807) is 17.2 Å². The van der Waals surface area contributed by atoms with Gasteiger partial charge in [-0.25, -0.2) is 4.79 Å². The van der Waals surface area contributed by atoms with E-state index in [9.17, 15) is 19.5 Å². The number of fused-ring (bicyclic) bond motifs is 1. The summed E-state index contributed by atoms with van der Waals surface area (Å²) in [5.41, 5.74) is 0.0856. The minimum atomic E-state index is -1.08. The molecule has 8 heteroatoms. The van der Waals surface area contributed by atoms with Crippen LogP contribution in [0, 0.1) is 5.92 Å². The summed E-state index contributed by atoms with van der Waals surface area (Å²) in [5.74, 6) is -0.553. The van der Waals surface area contributed by atoms with Crippen molar-refractivity contribution in [2.75, 3.05) is 5.75 Å². The first-order valence-electron chi connectivity index (χ1n) is 7.38. The molecule has 2 rings (SSSR count). The Morgan fingerprint density at radius 3 is 2.78 bits per heavy atom. The molecule has 3 atom stereocenters. The molecule has 0 unspecified atom stereocenters. The molecule has 126 valence electrons. The first kappa shape index (κ1) is 17.9. The second-order valence-corrected chi connectivity index (χ2v) is 8.02. The molecule has 2 aliphatic heterocycles. The maximum atomic E-state index is 12.4. The van der Waals surface area contributed by atoms with Crippen LogP contribution in [0.4, 0.5) is 0 Å². The number of nitrogens with zero attached hydrogens (tertiary/aromatic N) is 1. The molecule has 1 fully saturated rings. The van der Waals surface area contributed by atoms with E-state index in [4.69, 9.17) is 0 Å². The minimum Gasteiger partial charge on any atom is -0.477 e. The molecule has 1 saturated heterocycles. The summed E-state index contributed by atoms with van der Waals surface area (Å²) < 4.78 is 0. The van der Waals surface area contributed by atoms with Gasteiger partial charge in [0, 0.05) is 29.7 Å². The van der Waals surface area contributed by atoms with Gasteiger partial charge in [0.05, 0.1) is 12.0 Å². The van der Waals surface area contributed by atoms with Crippen LogP contribution in [0.25, 0.3) is 0 Å². The highest BCUT2D eigenvalue weighted by molar-refractivity contribution is 8.05. The fraction of sp³-hybridized carbons (Fsp3) is 0.533. The number of carbonyl (C=O) groups is 3. The fourth-order valence-electron chi connectivity index (χ4n) is 2.96. The van der Waals surface area contributed by atoms with Crippen molar-refractivity contribution in [2.45, 2.75) is 38.5 Å². The number of β-lactam (4-membered cyclic amide) rings is 1. The highest BCUT2D eigenvalue weighted by atomic mass is 32.2. The summed E-state index contributed by atoms with van der Waals surface area (Å²) in [4.78, 5) is 36.8. The Hall–Kier alpha value is -1.41. The molecule has 0 radical (unpaired) electrons. The number of hydrogen-bond donors (Lipinski definition) is 2. The van der Waals surface area contributed by atoms with E-state index in [2.05, 4.69) is 5.32 Å². The summed E-state index contributed by atoms with van der Waals surface area (Å²) in [6.07, 6.45) is 2.03. The number of thioether (sulfide) groups is 2. The summed E-state index contributed by atoms with van der Waals surface area (Å²) >= 11 is 2.96. The van der Waals surface area contributed by atoms with Gasteiger partial charge in [-0.15, -0.1) is 0 Å². The molecule has 2 heterocycles. The lowest BCUT2D eigenvalue weighted by atomic mass is 9.85. The van der Waals surface area contributed by atoms with Crippen molar-refractivity contribution >= 4 is 41.3 Å². The number of hydrogen-bond acceptors (Lipinski definition) is 5. The number of amides is 2. The van der Waals surface area contributed by atoms with E-state index in [0.29, 0.717) is 11.3 Å². The molecule has 0 bridgehead atoms. The van der Waals surface area contributed by atoms with Crippen LogP contribution in [0.5, 0.6) is 0 Å². The fourth-order valence-corrected chi connectivity index (χ4v) is 4.85. The van der Waals surface area contributed by atoms with E-state index in [-0.39, 0.29) is 34.7 Å². The quantitative estimate of drug-likeness (QED) is 0.679. The molecule has 0 aromatic heterocycles. The first-order chi connectivity index (χ1) is 10.9. The Morgan fingerprint density at radius 1 is 1.52 bits per heavy atom. The van der Waals surface area contributed by atoms with Gasteiger partial charge in [-0.3, -0.25) is 9.59 Å². The molecule has 0 aromatic rings. The van der Waals surface area contributed by atoms with Crippen LogP contribution in [0.2, 0.25) is 0 Å². The van der Waals surface area contributed by atoms with Crippen LogP contribution < -0.4 is 5.32 Å². The Bertz CT molecular complexity index is 588. The number of aliphatic carboxylic acids is 1. The summed E-state index contributed by atoms with van der Waals surface area (Å²) in [6.45, 7) is 5.47. The van der Waals surface area contributed by atoms with Gasteiger partial charge in [0.25, 0.3) is 0 Å². The number of rotatable bonds is 7. The van der Waals surface area contributed by atoms with Crippen LogP contribution in [0.15, 0.2) is 22.2 Å². The molecule has 0 saturated carbocycles. The molecule has 23 heavy (non-hydrogen) atoms. The van der Waals surface area contributed by atoms with Gasteiger partial charge >= 0.3 is 5.97 Å². The second-order valence-electron chi connectivity index (χ2n) is 5.36. The molecule has 0 spiro atoms. The normalized spacial score (nSPS) is 24.7. The third-order valence-corrected chi connectivity index (χ3v) is 5.94. The Morgan fingerprint density at radius 2 is 2.22 bits per heavy atom. The van der Waals surface area contributed by atoms with Crippen molar-refractivity contribution in [1.29, 1.82) is 0 Å². The standard InChI is InChI=1S/C15H20N2O4S2/c1-4-22-8(2)12-10-7-11(23-6-5-16-9(3)18)13(15(20)21)17(10)14(12)19/h5-6,8,10,12H,4,7H2,1-3H3,(H,16,18)(H,20,21)/b6-5+/t8-,10-,12-/m1/s1. The summed E-state index contributed by atoms with van der Waals surface area (Å²) in [7, 11) is 0. The highest BCUT2D eigenvalue weighted by Crippen LogP contribution is 2.48. The maximum Gasteiger partial charge on any atom is 0.353 e. The zero-order valence-electron chi connectivity index (χ0n) is 13.2. The molecule has 6 nitrogen and oxygen atoms in total. The highest BCUT2D eigenvalue weighted by Gasteiger charge is 2.56. The van der Waals surface area contributed by atoms with Crippen molar-refractivity contribution in [3.05, 3.63) is 22.2 Å². The van der Waals surface area contributed by atoms with E-state index >= 15 is 0 Å². The third-order valence-electron chi connectivity index (χ3n) is 3.87. The predicted octanol–water partition coefficient (Wildman–Crippen LogP) is 2.00. The Balaban J connectivity index is 2.11.